The van der Waals surface area contributed by atoms with Crippen LogP contribution in [0, 0.1) is 6.92 Å². The van der Waals surface area contributed by atoms with Crippen LogP contribution in [0.2, 0.25) is 0 Å². The summed E-state index contributed by atoms with van der Waals surface area (Å²) in [5.41, 5.74) is 3.84. The second-order valence-electron chi connectivity index (χ2n) is 4.15. The Hall–Kier alpha value is -1.35. The van der Waals surface area contributed by atoms with Gasteiger partial charge in [-0.3, -0.25) is 4.79 Å². The molecule has 0 spiro atoms. The maximum absolute atomic E-state index is 10.6. The number of hydrogen-bond donors (Lipinski definition) is 2. The van der Waals surface area contributed by atoms with E-state index < -0.39 is 5.97 Å². The fraction of sp³-hybridized carbons (Fsp3) is 0.417. The van der Waals surface area contributed by atoms with Crippen molar-refractivity contribution in [2.45, 2.75) is 32.4 Å². The Bertz CT molecular complexity index is 387. The highest BCUT2D eigenvalue weighted by molar-refractivity contribution is 5.67. The van der Waals surface area contributed by atoms with E-state index in [0.29, 0.717) is 0 Å². The van der Waals surface area contributed by atoms with Crippen molar-refractivity contribution >= 4 is 5.97 Å². The van der Waals surface area contributed by atoms with Gasteiger partial charge >= 0.3 is 5.97 Å². The van der Waals surface area contributed by atoms with E-state index in [4.69, 9.17) is 5.11 Å². The number of benzene rings is 1. The number of nitrogens with one attached hydrogen (secondary N) is 1. The molecule has 0 bridgehead atoms. The van der Waals surface area contributed by atoms with Gasteiger partial charge in [0, 0.05) is 12.6 Å². The van der Waals surface area contributed by atoms with Crippen molar-refractivity contribution in [1.82, 2.24) is 5.32 Å². The molecule has 3 nitrogen and oxygen atoms in total. The fourth-order valence-corrected chi connectivity index (χ4v) is 2.07. The zero-order valence-corrected chi connectivity index (χ0v) is 8.79. The summed E-state index contributed by atoms with van der Waals surface area (Å²) in [5.74, 6) is -0.733. The van der Waals surface area contributed by atoms with E-state index in [-0.39, 0.29) is 12.5 Å². The number of aliphatic carboxylic acids is 1. The summed E-state index contributed by atoms with van der Waals surface area (Å²) in [7, 11) is 0. The minimum Gasteiger partial charge on any atom is -0.481 e. The molecule has 0 fully saturated rings. The van der Waals surface area contributed by atoms with Gasteiger partial charge in [-0.15, -0.1) is 0 Å². The fourth-order valence-electron chi connectivity index (χ4n) is 2.07. The topological polar surface area (TPSA) is 49.3 Å². The van der Waals surface area contributed by atoms with E-state index >= 15 is 0 Å². The van der Waals surface area contributed by atoms with E-state index in [1.54, 1.807) is 0 Å². The molecule has 3 heteroatoms. The van der Waals surface area contributed by atoms with Crippen LogP contribution < -0.4 is 5.32 Å². The number of carbonyl (C=O) groups is 1. The van der Waals surface area contributed by atoms with E-state index in [0.717, 1.165) is 13.0 Å². The van der Waals surface area contributed by atoms with Gasteiger partial charge < -0.3 is 10.4 Å². The minimum absolute atomic E-state index is 0.0812. The van der Waals surface area contributed by atoms with E-state index in [9.17, 15) is 4.79 Å². The highest BCUT2D eigenvalue weighted by atomic mass is 16.4. The van der Waals surface area contributed by atoms with Crippen LogP contribution in [0.15, 0.2) is 18.2 Å². The van der Waals surface area contributed by atoms with Crippen LogP contribution in [-0.4, -0.2) is 17.1 Å². The third-order valence-corrected chi connectivity index (χ3v) is 2.83. The second kappa shape index (κ2) is 4.03. The monoisotopic (exact) mass is 205 g/mol. The van der Waals surface area contributed by atoms with Crippen molar-refractivity contribution in [2.75, 3.05) is 0 Å². The van der Waals surface area contributed by atoms with Crippen molar-refractivity contribution in [3.63, 3.8) is 0 Å². The molecule has 0 radical (unpaired) electrons. The highest BCUT2D eigenvalue weighted by Gasteiger charge is 2.19. The van der Waals surface area contributed by atoms with Gasteiger partial charge in [-0.1, -0.05) is 23.8 Å². The lowest BCUT2D eigenvalue weighted by Crippen LogP contribution is -2.37. The maximum atomic E-state index is 10.6. The molecular formula is C12H15NO2. The molecule has 1 aliphatic rings. The molecule has 15 heavy (non-hydrogen) atoms. The summed E-state index contributed by atoms with van der Waals surface area (Å²) in [6, 6.07) is 6.44. The zero-order chi connectivity index (χ0) is 10.8. The van der Waals surface area contributed by atoms with Crippen LogP contribution in [0.1, 0.15) is 23.1 Å². The highest BCUT2D eigenvalue weighted by Crippen LogP contribution is 2.19. The molecule has 0 aliphatic carbocycles. The molecule has 2 N–H and O–H groups in total. The molecule has 2 rings (SSSR count). The molecule has 0 saturated heterocycles. The van der Waals surface area contributed by atoms with Gasteiger partial charge in [0.15, 0.2) is 0 Å². The summed E-state index contributed by atoms with van der Waals surface area (Å²) < 4.78 is 0. The van der Waals surface area contributed by atoms with Crippen molar-refractivity contribution in [3.05, 3.63) is 34.9 Å². The summed E-state index contributed by atoms with van der Waals surface area (Å²) in [4.78, 5) is 10.6. The molecule has 1 aliphatic heterocycles. The van der Waals surface area contributed by atoms with Gasteiger partial charge in [0.05, 0.1) is 6.42 Å². The predicted octanol–water partition coefficient (Wildman–Crippen LogP) is 1.48. The predicted molar refractivity (Wildman–Crippen MR) is 57.8 cm³/mol. The molecule has 1 unspecified atom stereocenters. The van der Waals surface area contributed by atoms with Gasteiger partial charge in [0.25, 0.3) is 0 Å². The summed E-state index contributed by atoms with van der Waals surface area (Å²) >= 11 is 0. The zero-order valence-electron chi connectivity index (χ0n) is 8.79. The van der Waals surface area contributed by atoms with Crippen LogP contribution in [0.4, 0.5) is 0 Å². The van der Waals surface area contributed by atoms with Crippen molar-refractivity contribution in [1.29, 1.82) is 0 Å². The van der Waals surface area contributed by atoms with Crippen LogP contribution in [0.25, 0.3) is 0 Å². The Kier molecular flexibility index (Phi) is 2.73. The summed E-state index contributed by atoms with van der Waals surface area (Å²) in [6.45, 7) is 2.86. The SMILES string of the molecule is Cc1ccc2c(c1)CNC(CC(=O)O)C2. The summed E-state index contributed by atoms with van der Waals surface area (Å²) in [6.07, 6.45) is 1.02. The average Bonchev–Trinajstić information content (AvgIpc) is 2.17. The summed E-state index contributed by atoms with van der Waals surface area (Å²) in [5, 5.41) is 12.0. The maximum Gasteiger partial charge on any atom is 0.304 e. The first-order valence-electron chi connectivity index (χ1n) is 5.19. The van der Waals surface area contributed by atoms with Gasteiger partial charge in [-0.2, -0.15) is 0 Å². The molecule has 80 valence electrons. The van der Waals surface area contributed by atoms with Crippen LogP contribution in [0.3, 0.4) is 0 Å². The van der Waals surface area contributed by atoms with Crippen molar-refractivity contribution in [3.8, 4) is 0 Å². The Labute approximate surface area is 89.1 Å². The Morgan fingerprint density at radius 1 is 1.53 bits per heavy atom. The van der Waals surface area contributed by atoms with Gasteiger partial charge in [0.2, 0.25) is 0 Å². The number of carboxylic acid groups (broad SMARTS) is 1. The van der Waals surface area contributed by atoms with Crippen LogP contribution in [-0.2, 0) is 17.8 Å². The first kappa shape index (κ1) is 10.2. The molecule has 1 heterocycles. The molecule has 1 atom stereocenters. The van der Waals surface area contributed by atoms with Gasteiger partial charge in [0.1, 0.15) is 0 Å². The van der Waals surface area contributed by atoms with E-state index in [1.165, 1.54) is 16.7 Å². The van der Waals surface area contributed by atoms with E-state index in [2.05, 4.69) is 30.4 Å². The standard InChI is InChI=1S/C12H15NO2/c1-8-2-3-9-5-11(6-12(14)15)13-7-10(9)4-8/h2-4,11,13H,5-7H2,1H3,(H,14,15). The van der Waals surface area contributed by atoms with Crippen LogP contribution >= 0.6 is 0 Å². The molecule has 0 saturated carbocycles. The lowest BCUT2D eigenvalue weighted by Gasteiger charge is -2.25. The van der Waals surface area contributed by atoms with Gasteiger partial charge in [-0.25, -0.2) is 0 Å². The average molecular weight is 205 g/mol. The third-order valence-electron chi connectivity index (χ3n) is 2.83. The largest absolute Gasteiger partial charge is 0.481 e. The van der Waals surface area contributed by atoms with Crippen molar-refractivity contribution < 1.29 is 9.90 Å². The minimum atomic E-state index is -0.733. The molecule has 1 aromatic rings. The number of fused-ring (bicyclic) bond motifs is 1. The third kappa shape index (κ3) is 2.36. The first-order chi connectivity index (χ1) is 7.15. The molecule has 0 amide bonds. The van der Waals surface area contributed by atoms with Crippen LogP contribution in [0.5, 0.6) is 0 Å². The first-order valence-corrected chi connectivity index (χ1v) is 5.19. The van der Waals surface area contributed by atoms with Crippen molar-refractivity contribution in [2.24, 2.45) is 0 Å². The second-order valence-corrected chi connectivity index (χ2v) is 4.15. The number of hydrogen-bond acceptors (Lipinski definition) is 2. The molecule has 1 aromatic carbocycles. The number of aryl methyl sites for hydroxylation is 1. The van der Waals surface area contributed by atoms with Gasteiger partial charge in [-0.05, 0) is 24.5 Å². The smallest absolute Gasteiger partial charge is 0.304 e. The molecular weight excluding hydrogens is 190 g/mol. The Morgan fingerprint density at radius 3 is 3.07 bits per heavy atom. The number of carboxylic acids is 1. The normalized spacial score (nSPS) is 19.7. The van der Waals surface area contributed by atoms with E-state index in [1.807, 2.05) is 0 Å². The lowest BCUT2D eigenvalue weighted by atomic mass is 9.93. The molecule has 0 aromatic heterocycles. The lowest BCUT2D eigenvalue weighted by molar-refractivity contribution is -0.137. The Balaban J connectivity index is 2.13. The quantitative estimate of drug-likeness (QED) is 0.769. The number of rotatable bonds is 2. The Morgan fingerprint density at radius 2 is 2.33 bits per heavy atom.